The van der Waals surface area contributed by atoms with E-state index in [1.165, 1.54) is 13.3 Å². The average Bonchev–Trinajstić information content (AvgIpc) is 2.53. The van der Waals surface area contributed by atoms with E-state index in [4.69, 9.17) is 10.5 Å². The Morgan fingerprint density at radius 2 is 1.83 bits per heavy atom. The SMILES string of the molecule is COCC(C)Nc1ncnc(Nc2ccc(NC(C)=O)cc2)c1N. The summed E-state index contributed by atoms with van der Waals surface area (Å²) in [6.07, 6.45) is 1.44. The number of hydrogen-bond acceptors (Lipinski definition) is 7. The van der Waals surface area contributed by atoms with Gasteiger partial charge in [0.15, 0.2) is 11.6 Å². The van der Waals surface area contributed by atoms with Crippen molar-refractivity contribution in [2.75, 3.05) is 35.4 Å². The normalized spacial score (nSPS) is 11.6. The zero-order chi connectivity index (χ0) is 17.5. The van der Waals surface area contributed by atoms with E-state index in [1.54, 1.807) is 19.2 Å². The minimum absolute atomic E-state index is 0.0667. The van der Waals surface area contributed by atoms with Crippen molar-refractivity contribution in [1.29, 1.82) is 0 Å². The number of nitrogens with zero attached hydrogens (tertiary/aromatic N) is 2. The Bertz CT molecular complexity index is 689. The summed E-state index contributed by atoms with van der Waals surface area (Å²) in [5, 5.41) is 9.03. The maximum atomic E-state index is 11.0. The van der Waals surface area contributed by atoms with Crippen molar-refractivity contribution in [2.45, 2.75) is 19.9 Å². The van der Waals surface area contributed by atoms with Crippen LogP contribution in [0.5, 0.6) is 0 Å². The molecule has 0 saturated carbocycles. The van der Waals surface area contributed by atoms with Crippen molar-refractivity contribution >= 4 is 34.6 Å². The number of carbonyl (C=O) groups excluding carboxylic acids is 1. The summed E-state index contributed by atoms with van der Waals surface area (Å²) in [6.45, 7) is 3.97. The number of anilines is 5. The molecule has 8 heteroatoms. The number of benzene rings is 1. The molecule has 0 saturated heterocycles. The highest BCUT2D eigenvalue weighted by Gasteiger charge is 2.11. The van der Waals surface area contributed by atoms with E-state index in [9.17, 15) is 4.79 Å². The Morgan fingerprint density at radius 3 is 2.46 bits per heavy atom. The fourth-order valence-corrected chi connectivity index (χ4v) is 2.11. The molecule has 1 aromatic heterocycles. The summed E-state index contributed by atoms with van der Waals surface area (Å²) < 4.78 is 5.09. The highest BCUT2D eigenvalue weighted by molar-refractivity contribution is 5.89. The molecule has 24 heavy (non-hydrogen) atoms. The summed E-state index contributed by atoms with van der Waals surface area (Å²) in [7, 11) is 1.64. The second-order valence-electron chi connectivity index (χ2n) is 5.37. The highest BCUT2D eigenvalue weighted by Crippen LogP contribution is 2.26. The molecule has 8 nitrogen and oxygen atoms in total. The van der Waals surface area contributed by atoms with Gasteiger partial charge in [-0.3, -0.25) is 4.79 Å². The second kappa shape index (κ2) is 8.11. The topological polar surface area (TPSA) is 114 Å². The van der Waals surface area contributed by atoms with Crippen LogP contribution in [0.25, 0.3) is 0 Å². The van der Waals surface area contributed by atoms with Crippen LogP contribution in [0.1, 0.15) is 13.8 Å². The Hall–Kier alpha value is -2.87. The van der Waals surface area contributed by atoms with Crippen LogP contribution in [0.2, 0.25) is 0 Å². The Balaban J connectivity index is 2.10. The molecule has 1 aromatic carbocycles. The van der Waals surface area contributed by atoms with Crippen molar-refractivity contribution in [3.05, 3.63) is 30.6 Å². The fraction of sp³-hybridized carbons (Fsp3) is 0.312. The molecule has 2 rings (SSSR count). The van der Waals surface area contributed by atoms with Crippen LogP contribution < -0.4 is 21.7 Å². The largest absolute Gasteiger partial charge is 0.393 e. The van der Waals surface area contributed by atoms with Crippen molar-refractivity contribution in [1.82, 2.24) is 9.97 Å². The average molecular weight is 330 g/mol. The molecular formula is C16H22N6O2. The number of nitrogens with two attached hydrogens (primary N) is 1. The summed E-state index contributed by atoms with van der Waals surface area (Å²) in [4.78, 5) is 19.4. The molecule has 1 unspecified atom stereocenters. The van der Waals surface area contributed by atoms with Crippen molar-refractivity contribution < 1.29 is 9.53 Å². The first-order valence-electron chi connectivity index (χ1n) is 7.50. The van der Waals surface area contributed by atoms with Crippen LogP contribution in [0.15, 0.2) is 30.6 Å². The summed E-state index contributed by atoms with van der Waals surface area (Å²) in [6, 6.07) is 7.31. The van der Waals surface area contributed by atoms with Gasteiger partial charge in [-0.25, -0.2) is 9.97 Å². The maximum absolute atomic E-state index is 11.0. The van der Waals surface area contributed by atoms with Crippen LogP contribution in [0, 0.1) is 0 Å². The lowest BCUT2D eigenvalue weighted by molar-refractivity contribution is -0.114. The smallest absolute Gasteiger partial charge is 0.221 e. The van der Waals surface area contributed by atoms with Gasteiger partial charge in [0.05, 0.1) is 6.61 Å². The monoisotopic (exact) mass is 330 g/mol. The number of ether oxygens (including phenoxy) is 1. The van der Waals surface area contributed by atoms with Crippen LogP contribution in [0.3, 0.4) is 0 Å². The van der Waals surface area contributed by atoms with Crippen LogP contribution in [-0.4, -0.2) is 35.6 Å². The number of methoxy groups -OCH3 is 1. The van der Waals surface area contributed by atoms with Gasteiger partial charge in [0, 0.05) is 31.5 Å². The quantitative estimate of drug-likeness (QED) is 0.615. The summed E-state index contributed by atoms with van der Waals surface area (Å²) in [5.41, 5.74) is 8.06. The molecule has 0 aliphatic heterocycles. The van der Waals surface area contributed by atoms with E-state index in [-0.39, 0.29) is 11.9 Å². The summed E-state index contributed by atoms with van der Waals surface area (Å²) in [5.74, 6) is 0.938. The second-order valence-corrected chi connectivity index (χ2v) is 5.37. The minimum Gasteiger partial charge on any atom is -0.393 e. The number of rotatable bonds is 7. The van der Waals surface area contributed by atoms with E-state index in [0.717, 1.165) is 11.4 Å². The van der Waals surface area contributed by atoms with Gasteiger partial charge in [0.2, 0.25) is 5.91 Å². The molecule has 0 spiro atoms. The van der Waals surface area contributed by atoms with Gasteiger partial charge >= 0.3 is 0 Å². The first-order chi connectivity index (χ1) is 11.5. The number of hydrogen-bond donors (Lipinski definition) is 4. The Kier molecular flexibility index (Phi) is 5.91. The molecule has 5 N–H and O–H groups in total. The van der Waals surface area contributed by atoms with Gasteiger partial charge in [-0.2, -0.15) is 0 Å². The van der Waals surface area contributed by atoms with Gasteiger partial charge in [-0.1, -0.05) is 0 Å². The number of amides is 1. The first-order valence-corrected chi connectivity index (χ1v) is 7.50. The Labute approximate surface area is 140 Å². The molecule has 0 bridgehead atoms. The molecule has 0 fully saturated rings. The Morgan fingerprint density at radius 1 is 1.21 bits per heavy atom. The predicted octanol–water partition coefficient (Wildman–Crippen LogP) is 2.21. The molecule has 128 valence electrons. The standard InChI is InChI=1S/C16H22N6O2/c1-10(8-24-3)20-15-14(17)16(19-9-18-15)22-13-6-4-12(5-7-13)21-11(2)23/h4-7,9-10H,8,17H2,1-3H3,(H,21,23)(H2,18,19,20,22). The minimum atomic E-state index is -0.114. The third kappa shape index (κ3) is 4.82. The van der Waals surface area contributed by atoms with Crippen molar-refractivity contribution in [3.63, 3.8) is 0 Å². The molecule has 1 heterocycles. The highest BCUT2D eigenvalue weighted by atomic mass is 16.5. The van der Waals surface area contributed by atoms with Crippen LogP contribution >= 0.6 is 0 Å². The van der Waals surface area contributed by atoms with Gasteiger partial charge < -0.3 is 26.4 Å². The molecule has 2 aromatic rings. The van der Waals surface area contributed by atoms with E-state index < -0.39 is 0 Å². The number of carbonyl (C=O) groups is 1. The van der Waals surface area contributed by atoms with E-state index in [0.29, 0.717) is 23.9 Å². The predicted molar refractivity (Wildman–Crippen MR) is 95.4 cm³/mol. The summed E-state index contributed by atoms with van der Waals surface area (Å²) >= 11 is 0. The van der Waals surface area contributed by atoms with E-state index in [1.807, 2.05) is 19.1 Å². The van der Waals surface area contributed by atoms with Crippen molar-refractivity contribution in [2.24, 2.45) is 0 Å². The first kappa shape index (κ1) is 17.5. The van der Waals surface area contributed by atoms with Gasteiger partial charge in [-0.15, -0.1) is 0 Å². The molecule has 0 aliphatic carbocycles. The van der Waals surface area contributed by atoms with Crippen molar-refractivity contribution in [3.8, 4) is 0 Å². The zero-order valence-electron chi connectivity index (χ0n) is 14.0. The van der Waals surface area contributed by atoms with Crippen LogP contribution in [0.4, 0.5) is 28.7 Å². The molecule has 1 amide bonds. The molecule has 0 radical (unpaired) electrons. The maximum Gasteiger partial charge on any atom is 0.221 e. The number of nitrogen functional groups attached to an aromatic ring is 1. The third-order valence-electron chi connectivity index (χ3n) is 3.15. The van der Waals surface area contributed by atoms with Crippen LogP contribution in [-0.2, 0) is 9.53 Å². The fourth-order valence-electron chi connectivity index (χ4n) is 2.11. The lowest BCUT2D eigenvalue weighted by Crippen LogP contribution is -2.22. The third-order valence-corrected chi connectivity index (χ3v) is 3.15. The zero-order valence-corrected chi connectivity index (χ0v) is 14.0. The lowest BCUT2D eigenvalue weighted by atomic mass is 10.2. The van der Waals surface area contributed by atoms with E-state index >= 15 is 0 Å². The lowest BCUT2D eigenvalue weighted by Gasteiger charge is -2.16. The molecule has 1 atom stereocenters. The number of nitrogens with one attached hydrogen (secondary N) is 3. The number of aromatic nitrogens is 2. The molecular weight excluding hydrogens is 308 g/mol. The van der Waals surface area contributed by atoms with Gasteiger partial charge in [0.25, 0.3) is 0 Å². The molecule has 0 aliphatic rings. The van der Waals surface area contributed by atoms with Gasteiger partial charge in [0.1, 0.15) is 12.0 Å². The van der Waals surface area contributed by atoms with E-state index in [2.05, 4.69) is 25.9 Å². The van der Waals surface area contributed by atoms with Gasteiger partial charge in [-0.05, 0) is 31.2 Å².